The highest BCUT2D eigenvalue weighted by Gasteiger charge is 2.04. The van der Waals surface area contributed by atoms with Crippen molar-refractivity contribution in [3.8, 4) is 11.5 Å². The average molecular weight is 381 g/mol. The number of carbonyl (C=O) groups excluding carboxylic acids is 1. The van der Waals surface area contributed by atoms with Crippen LogP contribution in [0.2, 0.25) is 5.02 Å². The van der Waals surface area contributed by atoms with Gasteiger partial charge in [0.15, 0.2) is 0 Å². The number of aromatic hydroxyl groups is 1. The molecule has 0 saturated heterocycles. The van der Waals surface area contributed by atoms with Crippen molar-refractivity contribution in [1.82, 2.24) is 5.43 Å². The van der Waals surface area contributed by atoms with Crippen molar-refractivity contribution >= 4 is 23.7 Å². The molecule has 6 heteroatoms. The van der Waals surface area contributed by atoms with Crippen LogP contribution in [0, 0.1) is 0 Å². The minimum atomic E-state index is -0.337. The van der Waals surface area contributed by atoms with Gasteiger partial charge >= 0.3 is 0 Å². The lowest BCUT2D eigenvalue weighted by atomic mass is 10.2. The van der Waals surface area contributed by atoms with Crippen molar-refractivity contribution in [2.75, 3.05) is 0 Å². The molecule has 27 heavy (non-hydrogen) atoms. The summed E-state index contributed by atoms with van der Waals surface area (Å²) < 4.78 is 5.69. The van der Waals surface area contributed by atoms with E-state index in [1.54, 1.807) is 48.5 Å². The van der Waals surface area contributed by atoms with Gasteiger partial charge < -0.3 is 9.84 Å². The molecule has 0 unspecified atom stereocenters. The van der Waals surface area contributed by atoms with Crippen LogP contribution in [0.25, 0.3) is 0 Å². The number of phenols is 1. The molecule has 3 aromatic carbocycles. The van der Waals surface area contributed by atoms with E-state index in [-0.39, 0.29) is 11.7 Å². The quantitative estimate of drug-likeness (QED) is 0.492. The fourth-order valence-electron chi connectivity index (χ4n) is 2.28. The Labute approximate surface area is 161 Å². The molecule has 5 nitrogen and oxygen atoms in total. The third-order valence-corrected chi connectivity index (χ3v) is 3.94. The Morgan fingerprint density at radius 1 is 1.07 bits per heavy atom. The Kier molecular flexibility index (Phi) is 6.07. The lowest BCUT2D eigenvalue weighted by molar-refractivity contribution is 0.0955. The smallest absolute Gasteiger partial charge is 0.271 e. The minimum absolute atomic E-state index is 0.138. The first kappa shape index (κ1) is 18.5. The van der Waals surface area contributed by atoms with E-state index in [2.05, 4.69) is 10.5 Å². The zero-order valence-electron chi connectivity index (χ0n) is 14.3. The van der Waals surface area contributed by atoms with Crippen LogP contribution in [0.4, 0.5) is 0 Å². The van der Waals surface area contributed by atoms with Crippen LogP contribution in [-0.2, 0) is 6.61 Å². The molecule has 136 valence electrons. The molecule has 0 aliphatic heterocycles. The number of ether oxygens (including phenoxy) is 1. The van der Waals surface area contributed by atoms with Crippen molar-refractivity contribution in [3.05, 3.63) is 94.5 Å². The van der Waals surface area contributed by atoms with Crippen LogP contribution in [-0.4, -0.2) is 17.2 Å². The molecule has 3 aromatic rings. The summed E-state index contributed by atoms with van der Waals surface area (Å²) in [6.45, 7) is 0.414. The lowest BCUT2D eigenvalue weighted by Gasteiger charge is -2.07. The Balaban J connectivity index is 1.53. The first-order valence-corrected chi connectivity index (χ1v) is 8.58. The molecule has 0 spiro atoms. The second kappa shape index (κ2) is 8.87. The van der Waals surface area contributed by atoms with Crippen LogP contribution in [0.5, 0.6) is 11.5 Å². The number of benzene rings is 3. The molecule has 1 amide bonds. The summed E-state index contributed by atoms with van der Waals surface area (Å²) in [5.41, 5.74) is 4.59. The minimum Gasteiger partial charge on any atom is -0.508 e. The van der Waals surface area contributed by atoms with E-state index in [1.807, 2.05) is 24.3 Å². The molecular weight excluding hydrogens is 364 g/mol. The molecule has 0 aliphatic rings. The van der Waals surface area contributed by atoms with Gasteiger partial charge in [0.05, 0.1) is 6.21 Å². The SMILES string of the molecule is O=C(N/N=C\c1cccc(O)c1)c1ccc(OCc2ccc(Cl)cc2)cc1. The Morgan fingerprint density at radius 3 is 2.52 bits per heavy atom. The number of carbonyl (C=O) groups is 1. The van der Waals surface area contributed by atoms with Crippen LogP contribution < -0.4 is 10.2 Å². The summed E-state index contributed by atoms with van der Waals surface area (Å²) in [4.78, 5) is 12.1. The molecule has 0 saturated carbocycles. The fraction of sp³-hybridized carbons (Fsp3) is 0.0476. The predicted octanol–water partition coefficient (Wildman–Crippen LogP) is 4.39. The maximum atomic E-state index is 12.1. The van der Waals surface area contributed by atoms with Gasteiger partial charge in [-0.25, -0.2) is 5.43 Å². The van der Waals surface area contributed by atoms with Gasteiger partial charge in [0.1, 0.15) is 18.1 Å². The van der Waals surface area contributed by atoms with Gasteiger partial charge in [0, 0.05) is 10.6 Å². The second-order valence-electron chi connectivity index (χ2n) is 5.73. The largest absolute Gasteiger partial charge is 0.508 e. The maximum Gasteiger partial charge on any atom is 0.271 e. The van der Waals surface area contributed by atoms with E-state index in [9.17, 15) is 9.90 Å². The third-order valence-electron chi connectivity index (χ3n) is 3.69. The highest BCUT2D eigenvalue weighted by molar-refractivity contribution is 6.30. The number of phenolic OH excluding ortho intramolecular Hbond substituents is 1. The van der Waals surface area contributed by atoms with Crippen molar-refractivity contribution in [2.45, 2.75) is 6.61 Å². The van der Waals surface area contributed by atoms with E-state index < -0.39 is 0 Å². The van der Waals surface area contributed by atoms with Gasteiger partial charge in [-0.3, -0.25) is 4.79 Å². The van der Waals surface area contributed by atoms with Gasteiger partial charge in [0.2, 0.25) is 0 Å². The van der Waals surface area contributed by atoms with Crippen molar-refractivity contribution in [3.63, 3.8) is 0 Å². The summed E-state index contributed by atoms with van der Waals surface area (Å²) >= 11 is 5.85. The van der Waals surface area contributed by atoms with Gasteiger partial charge in [-0.2, -0.15) is 5.10 Å². The molecule has 0 aromatic heterocycles. The molecule has 0 bridgehead atoms. The lowest BCUT2D eigenvalue weighted by Crippen LogP contribution is -2.17. The number of halogens is 1. The molecule has 2 N–H and O–H groups in total. The normalized spacial score (nSPS) is 10.7. The summed E-state index contributed by atoms with van der Waals surface area (Å²) in [5.74, 6) is 0.458. The average Bonchev–Trinajstić information content (AvgIpc) is 2.68. The van der Waals surface area contributed by atoms with Crippen LogP contribution in [0.3, 0.4) is 0 Å². The zero-order chi connectivity index (χ0) is 19.1. The third kappa shape index (κ3) is 5.59. The van der Waals surface area contributed by atoms with Crippen LogP contribution >= 0.6 is 11.6 Å². The van der Waals surface area contributed by atoms with Gasteiger partial charge in [0.25, 0.3) is 5.91 Å². The van der Waals surface area contributed by atoms with E-state index in [0.717, 1.165) is 5.56 Å². The first-order valence-electron chi connectivity index (χ1n) is 8.20. The van der Waals surface area contributed by atoms with Crippen molar-refractivity contribution in [1.29, 1.82) is 0 Å². The number of hydrazone groups is 1. The van der Waals surface area contributed by atoms with Crippen molar-refractivity contribution < 1.29 is 14.6 Å². The summed E-state index contributed by atoms with van der Waals surface area (Å²) in [7, 11) is 0. The van der Waals surface area contributed by atoms with Gasteiger partial charge in [-0.05, 0) is 59.7 Å². The van der Waals surface area contributed by atoms with Crippen LogP contribution in [0.1, 0.15) is 21.5 Å². The molecule has 0 atom stereocenters. The Hall–Kier alpha value is -3.31. The molecule has 0 heterocycles. The first-order chi connectivity index (χ1) is 13.1. The Bertz CT molecular complexity index is 938. The molecule has 0 radical (unpaired) electrons. The van der Waals surface area contributed by atoms with Crippen molar-refractivity contribution in [2.24, 2.45) is 5.10 Å². The fourth-order valence-corrected chi connectivity index (χ4v) is 2.41. The molecular formula is C21H17ClN2O3. The molecule has 0 aliphatic carbocycles. The second-order valence-corrected chi connectivity index (χ2v) is 6.17. The monoisotopic (exact) mass is 380 g/mol. The number of amides is 1. The Morgan fingerprint density at radius 2 is 1.81 bits per heavy atom. The highest BCUT2D eigenvalue weighted by atomic mass is 35.5. The highest BCUT2D eigenvalue weighted by Crippen LogP contribution is 2.16. The topological polar surface area (TPSA) is 70.9 Å². The summed E-state index contributed by atoms with van der Waals surface area (Å²) in [6.07, 6.45) is 1.46. The standard InChI is InChI=1S/C21H17ClN2O3/c22-18-8-4-15(5-9-18)14-27-20-10-6-17(7-11-20)21(26)24-23-13-16-2-1-3-19(25)12-16/h1-13,25H,14H2,(H,24,26)/b23-13-. The van der Waals surface area contributed by atoms with Gasteiger partial charge in [-0.15, -0.1) is 0 Å². The van der Waals surface area contributed by atoms with E-state index in [4.69, 9.17) is 16.3 Å². The van der Waals surface area contributed by atoms with Gasteiger partial charge in [-0.1, -0.05) is 35.9 Å². The number of rotatable bonds is 6. The predicted molar refractivity (Wildman–Crippen MR) is 105 cm³/mol. The summed E-state index contributed by atoms with van der Waals surface area (Å²) in [5, 5.41) is 14.0. The van der Waals surface area contributed by atoms with E-state index in [0.29, 0.717) is 28.5 Å². The maximum absolute atomic E-state index is 12.1. The number of nitrogens with zero attached hydrogens (tertiary/aromatic N) is 1. The number of hydrogen-bond acceptors (Lipinski definition) is 4. The van der Waals surface area contributed by atoms with Crippen LogP contribution in [0.15, 0.2) is 77.9 Å². The molecule has 3 rings (SSSR count). The van der Waals surface area contributed by atoms with E-state index >= 15 is 0 Å². The molecule has 0 fully saturated rings. The van der Waals surface area contributed by atoms with E-state index in [1.165, 1.54) is 6.21 Å². The zero-order valence-corrected chi connectivity index (χ0v) is 15.1. The number of hydrogen-bond donors (Lipinski definition) is 2. The summed E-state index contributed by atoms with van der Waals surface area (Å²) in [6, 6.07) is 20.8. The number of nitrogens with one attached hydrogen (secondary N) is 1.